The molecule has 188 valence electrons. The lowest BCUT2D eigenvalue weighted by Crippen LogP contribution is -2.39. The molecule has 6 nitrogen and oxygen atoms in total. The van der Waals surface area contributed by atoms with Crippen molar-refractivity contribution in [2.24, 2.45) is 5.92 Å². The molecule has 0 amide bonds. The quantitative estimate of drug-likeness (QED) is 0.366. The van der Waals surface area contributed by atoms with Gasteiger partial charge in [0.1, 0.15) is 11.5 Å². The van der Waals surface area contributed by atoms with Gasteiger partial charge in [0.2, 0.25) is 0 Å². The number of alkyl halides is 1. The first-order valence-electron chi connectivity index (χ1n) is 11.8. The maximum atomic E-state index is 15.1. The summed E-state index contributed by atoms with van der Waals surface area (Å²) in [5.41, 5.74) is 0.147. The number of carboxylic acids is 1. The largest absolute Gasteiger partial charge is 0.478 e. The zero-order chi connectivity index (χ0) is 25.2. The average molecular weight is 535 g/mol. The van der Waals surface area contributed by atoms with Crippen molar-refractivity contribution in [1.29, 1.82) is 0 Å². The van der Waals surface area contributed by atoms with Crippen molar-refractivity contribution in [1.82, 2.24) is 5.16 Å². The second-order valence-corrected chi connectivity index (χ2v) is 10.6. The van der Waals surface area contributed by atoms with E-state index in [0.717, 1.165) is 12.5 Å². The molecular weight excluding hydrogens is 513 g/mol. The zero-order valence-corrected chi connectivity index (χ0v) is 20.5. The first-order valence-corrected chi connectivity index (χ1v) is 12.5. The Morgan fingerprint density at radius 3 is 2.58 bits per heavy atom. The second kappa shape index (κ2) is 8.71. The topological polar surface area (TPSA) is 75.8 Å². The van der Waals surface area contributed by atoms with Gasteiger partial charge in [-0.05, 0) is 56.0 Å². The number of benzene rings is 2. The molecule has 10 heteroatoms. The fourth-order valence-corrected chi connectivity index (χ4v) is 6.10. The van der Waals surface area contributed by atoms with Gasteiger partial charge in [-0.25, -0.2) is 13.6 Å². The maximum absolute atomic E-state index is 15.1. The van der Waals surface area contributed by atoms with Crippen LogP contribution >= 0.6 is 23.2 Å². The molecule has 2 saturated carbocycles. The van der Waals surface area contributed by atoms with E-state index < -0.39 is 17.5 Å². The molecule has 2 aromatic carbocycles. The Hall–Kier alpha value is -2.68. The number of hydrogen-bond donors (Lipinski definition) is 1. The number of carbonyl (C=O) groups is 1. The summed E-state index contributed by atoms with van der Waals surface area (Å²) < 4.78 is 41.5. The van der Waals surface area contributed by atoms with Crippen molar-refractivity contribution in [3.8, 4) is 11.3 Å². The number of fused-ring (bicyclic) bond motifs is 2. The van der Waals surface area contributed by atoms with Crippen molar-refractivity contribution < 1.29 is 27.9 Å². The van der Waals surface area contributed by atoms with Crippen LogP contribution in [0.4, 0.5) is 14.5 Å². The van der Waals surface area contributed by atoms with Crippen LogP contribution < -0.4 is 4.90 Å². The highest BCUT2D eigenvalue weighted by Crippen LogP contribution is 2.53. The van der Waals surface area contributed by atoms with E-state index in [2.05, 4.69) is 5.16 Å². The lowest BCUT2D eigenvalue weighted by molar-refractivity contribution is 0.0113. The third kappa shape index (κ3) is 3.96. The molecule has 1 N–H and O–H groups in total. The van der Waals surface area contributed by atoms with Gasteiger partial charge >= 0.3 is 5.97 Å². The summed E-state index contributed by atoms with van der Waals surface area (Å²) >= 11 is 12.8. The highest BCUT2D eigenvalue weighted by Gasteiger charge is 2.52. The molecule has 3 aliphatic rings. The molecule has 2 bridgehead atoms. The summed E-state index contributed by atoms with van der Waals surface area (Å²) in [6.07, 6.45) is 2.13. The molecule has 1 aliphatic heterocycles. The molecule has 2 aliphatic carbocycles. The monoisotopic (exact) mass is 534 g/mol. The molecule has 1 saturated heterocycles. The van der Waals surface area contributed by atoms with Gasteiger partial charge in [0.25, 0.3) is 0 Å². The van der Waals surface area contributed by atoms with Crippen molar-refractivity contribution in [2.75, 3.05) is 11.4 Å². The van der Waals surface area contributed by atoms with Crippen LogP contribution in [0.5, 0.6) is 0 Å². The molecular formula is C26H22Cl2F2N2O4. The summed E-state index contributed by atoms with van der Waals surface area (Å²) in [4.78, 5) is 13.1. The summed E-state index contributed by atoms with van der Waals surface area (Å²) in [7, 11) is 0. The predicted molar refractivity (Wildman–Crippen MR) is 130 cm³/mol. The smallest absolute Gasteiger partial charge is 0.335 e. The van der Waals surface area contributed by atoms with Gasteiger partial charge in [-0.3, -0.25) is 0 Å². The number of aromatic nitrogens is 1. The Kier molecular flexibility index (Phi) is 5.74. The number of aromatic carboxylic acids is 1. The Labute approximate surface area is 215 Å². The molecule has 3 atom stereocenters. The molecule has 3 fully saturated rings. The van der Waals surface area contributed by atoms with E-state index in [4.69, 9.17) is 37.6 Å². The predicted octanol–water partition coefficient (Wildman–Crippen LogP) is 6.63. The molecule has 0 radical (unpaired) electrons. The van der Waals surface area contributed by atoms with E-state index in [0.29, 0.717) is 58.4 Å². The van der Waals surface area contributed by atoms with E-state index in [1.54, 1.807) is 18.2 Å². The fraction of sp³-hybridized carbons (Fsp3) is 0.385. The number of rotatable bonds is 7. The highest BCUT2D eigenvalue weighted by molar-refractivity contribution is 6.39. The van der Waals surface area contributed by atoms with E-state index in [9.17, 15) is 9.18 Å². The van der Waals surface area contributed by atoms with Crippen LogP contribution in [0, 0.1) is 11.7 Å². The van der Waals surface area contributed by atoms with Crippen molar-refractivity contribution in [3.63, 3.8) is 0 Å². The zero-order valence-electron chi connectivity index (χ0n) is 19.0. The van der Waals surface area contributed by atoms with Gasteiger partial charge < -0.3 is 19.3 Å². The Balaban J connectivity index is 1.20. The molecule has 3 aromatic rings. The van der Waals surface area contributed by atoms with Gasteiger partial charge in [-0.2, -0.15) is 0 Å². The third-order valence-electron chi connectivity index (χ3n) is 7.51. The number of hydrogen-bond acceptors (Lipinski definition) is 5. The second-order valence-electron chi connectivity index (χ2n) is 9.76. The maximum Gasteiger partial charge on any atom is 0.335 e. The number of carboxylic acid groups (broad SMARTS) is 1. The van der Waals surface area contributed by atoms with Crippen LogP contribution in [0.3, 0.4) is 0 Å². The molecule has 0 spiro atoms. The van der Waals surface area contributed by atoms with E-state index >= 15 is 4.39 Å². The summed E-state index contributed by atoms with van der Waals surface area (Å²) in [6, 6.07) is 9.17. The first kappa shape index (κ1) is 23.7. The van der Waals surface area contributed by atoms with Gasteiger partial charge in [0, 0.05) is 24.1 Å². The molecule has 2 heterocycles. The number of nitrogens with zero attached hydrogens (tertiary/aromatic N) is 2. The SMILES string of the molecule is O=C(O)c1ccc(N2C[C@@H]3C[C@H]2C[C@H]3OCc2c(-c3c(Cl)cccc3Cl)noc2C2(F)CC2)c(F)c1. The van der Waals surface area contributed by atoms with Crippen molar-refractivity contribution in [3.05, 3.63) is 69.1 Å². The summed E-state index contributed by atoms with van der Waals surface area (Å²) in [6.45, 7) is 0.683. The lowest BCUT2D eigenvalue weighted by atomic mass is 10.0. The van der Waals surface area contributed by atoms with E-state index in [1.165, 1.54) is 12.1 Å². The van der Waals surface area contributed by atoms with Gasteiger partial charge in [-0.1, -0.05) is 34.4 Å². The van der Waals surface area contributed by atoms with Crippen molar-refractivity contribution >= 4 is 34.9 Å². The molecule has 36 heavy (non-hydrogen) atoms. The lowest BCUT2D eigenvalue weighted by Gasteiger charge is -2.33. The van der Waals surface area contributed by atoms with Gasteiger partial charge in [-0.15, -0.1) is 0 Å². The summed E-state index contributed by atoms with van der Waals surface area (Å²) in [5, 5.41) is 14.0. The van der Waals surface area contributed by atoms with E-state index in [1.807, 2.05) is 4.90 Å². The molecule has 1 aromatic heterocycles. The Morgan fingerprint density at radius 2 is 1.97 bits per heavy atom. The minimum Gasteiger partial charge on any atom is -0.478 e. The van der Waals surface area contributed by atoms with Crippen molar-refractivity contribution in [2.45, 2.75) is 50.1 Å². The Morgan fingerprint density at radius 1 is 1.22 bits per heavy atom. The van der Waals surface area contributed by atoms with Gasteiger partial charge in [0.05, 0.1) is 39.6 Å². The highest BCUT2D eigenvalue weighted by atomic mass is 35.5. The minimum absolute atomic E-state index is 0.0700. The first-order chi connectivity index (χ1) is 17.2. The molecule has 6 rings (SSSR count). The van der Waals surface area contributed by atoms with Crippen LogP contribution in [0.2, 0.25) is 10.0 Å². The number of anilines is 1. The van der Waals surface area contributed by atoms with E-state index in [-0.39, 0.29) is 36.0 Å². The normalized spacial score (nSPS) is 23.9. The van der Waals surface area contributed by atoms with Crippen LogP contribution in [0.15, 0.2) is 40.9 Å². The minimum atomic E-state index is -1.55. The van der Waals surface area contributed by atoms with Gasteiger partial charge in [0.15, 0.2) is 11.4 Å². The van der Waals surface area contributed by atoms with Crippen LogP contribution in [0.25, 0.3) is 11.3 Å². The summed E-state index contributed by atoms with van der Waals surface area (Å²) in [5.74, 6) is -1.39. The third-order valence-corrected chi connectivity index (χ3v) is 8.14. The number of halogens is 4. The average Bonchev–Trinajstić information content (AvgIpc) is 3.17. The number of ether oxygens (including phenoxy) is 1. The fourth-order valence-electron chi connectivity index (χ4n) is 5.52. The standard InChI is InChI=1S/C26H22Cl2F2N2O4/c27-17-2-1-3-18(28)22(17)23-16(24(36-31-23)26(30)6-7-26)12-35-21-10-15-8-14(21)11-32(15)20-5-4-13(25(33)34)9-19(20)29/h1-5,9,14-15,21H,6-8,10-12H2,(H,33,34)/t14-,15-,21+/m0/s1. The number of piperidine rings is 1. The van der Waals surface area contributed by atoms with Crippen LogP contribution in [-0.4, -0.2) is 34.9 Å². The van der Waals surface area contributed by atoms with Crippen LogP contribution in [0.1, 0.15) is 47.4 Å². The van der Waals surface area contributed by atoms with Crippen LogP contribution in [-0.2, 0) is 17.0 Å². The molecule has 0 unspecified atom stereocenters. The Bertz CT molecular complexity index is 1340.